The first-order valence-electron chi connectivity index (χ1n) is 9.26. The smallest absolute Gasteiger partial charge is 0.362 e. The van der Waals surface area contributed by atoms with Crippen LogP contribution in [0.3, 0.4) is 0 Å². The Morgan fingerprint density at radius 1 is 1.10 bits per heavy atom. The number of aromatic nitrogens is 1. The van der Waals surface area contributed by atoms with E-state index in [0.29, 0.717) is 5.56 Å². The normalized spacial score (nSPS) is 12.3. The van der Waals surface area contributed by atoms with Crippen LogP contribution in [-0.4, -0.2) is 17.1 Å². The molecule has 0 aliphatic carbocycles. The molecule has 0 fully saturated rings. The molecule has 4 nitrogen and oxygen atoms in total. The first-order valence-corrected chi connectivity index (χ1v) is 9.64. The summed E-state index contributed by atoms with van der Waals surface area (Å²) < 4.78 is 51.0. The average Bonchev–Trinajstić information content (AvgIpc) is 2.70. The number of halogens is 5. The number of carbonyl (C=O) groups excluding carboxylic acids is 1. The van der Waals surface area contributed by atoms with Crippen molar-refractivity contribution in [1.29, 1.82) is 0 Å². The Labute approximate surface area is 181 Å². The van der Waals surface area contributed by atoms with E-state index in [1.165, 1.54) is 24.4 Å². The van der Waals surface area contributed by atoms with Gasteiger partial charge in [0.15, 0.2) is 0 Å². The Bertz CT molecular complexity index is 1070. The highest BCUT2D eigenvalue weighted by Crippen LogP contribution is 2.31. The molecular weight excluding hydrogens is 434 g/mol. The van der Waals surface area contributed by atoms with Gasteiger partial charge in [0.25, 0.3) is 0 Å². The molecule has 0 saturated carbocycles. The maximum Gasteiger partial charge on any atom is 0.397 e. The summed E-state index contributed by atoms with van der Waals surface area (Å²) in [7, 11) is 0. The molecule has 2 N–H and O–H groups in total. The predicted molar refractivity (Wildman–Crippen MR) is 112 cm³/mol. The molecule has 1 aromatic heterocycles. The van der Waals surface area contributed by atoms with E-state index in [4.69, 9.17) is 11.6 Å². The van der Waals surface area contributed by atoms with Gasteiger partial charge >= 0.3 is 6.18 Å². The molecule has 3 aromatic rings. The van der Waals surface area contributed by atoms with Crippen LogP contribution in [0.4, 0.5) is 29.1 Å². The number of alkyl halides is 3. The van der Waals surface area contributed by atoms with Gasteiger partial charge in [0.2, 0.25) is 5.91 Å². The highest BCUT2D eigenvalue weighted by atomic mass is 35.5. The van der Waals surface area contributed by atoms with Gasteiger partial charge in [0.05, 0.1) is 16.8 Å². The highest BCUT2D eigenvalue weighted by Gasteiger charge is 2.31. The second kappa shape index (κ2) is 9.34. The lowest BCUT2D eigenvalue weighted by atomic mass is 10.0. The SMILES string of the molecule is CC(Nc1ncccc1NC(=O)CC(F)(F)F)c1ccc(-c2cccc(F)c2Cl)cc1. The van der Waals surface area contributed by atoms with Crippen LogP contribution < -0.4 is 10.6 Å². The third-order valence-electron chi connectivity index (χ3n) is 4.47. The molecule has 162 valence electrons. The predicted octanol–water partition coefficient (Wildman–Crippen LogP) is 6.61. The Kier molecular flexibility index (Phi) is 6.80. The van der Waals surface area contributed by atoms with E-state index in [-0.39, 0.29) is 22.6 Å². The van der Waals surface area contributed by atoms with E-state index in [1.54, 1.807) is 24.3 Å². The van der Waals surface area contributed by atoms with Crippen LogP contribution in [-0.2, 0) is 4.79 Å². The summed E-state index contributed by atoms with van der Waals surface area (Å²) in [6.07, 6.45) is -4.72. The Hall–Kier alpha value is -3.13. The summed E-state index contributed by atoms with van der Waals surface area (Å²) in [6.45, 7) is 1.83. The summed E-state index contributed by atoms with van der Waals surface area (Å²) in [5.74, 6) is -1.44. The Morgan fingerprint density at radius 3 is 2.48 bits per heavy atom. The van der Waals surface area contributed by atoms with Gasteiger partial charge in [-0.3, -0.25) is 4.79 Å². The van der Waals surface area contributed by atoms with E-state index < -0.39 is 24.3 Å². The second-order valence-corrected chi connectivity index (χ2v) is 7.21. The summed E-state index contributed by atoms with van der Waals surface area (Å²) in [4.78, 5) is 15.7. The van der Waals surface area contributed by atoms with Crippen molar-refractivity contribution in [2.75, 3.05) is 10.6 Å². The number of carbonyl (C=O) groups is 1. The first kappa shape index (κ1) is 22.6. The van der Waals surface area contributed by atoms with E-state index in [2.05, 4.69) is 15.6 Å². The standard InChI is InChI=1S/C22H18ClF4N3O/c1-13(14-7-9-15(10-8-14)16-4-2-5-17(24)20(16)23)29-21-18(6-3-11-28-21)30-19(31)12-22(25,26)27/h2-11,13H,12H2,1H3,(H,28,29)(H,30,31). The molecule has 2 aromatic carbocycles. The van der Waals surface area contributed by atoms with E-state index in [0.717, 1.165) is 11.1 Å². The summed E-state index contributed by atoms with van der Waals surface area (Å²) >= 11 is 6.04. The fourth-order valence-electron chi connectivity index (χ4n) is 2.96. The molecular formula is C22H18ClF4N3O. The second-order valence-electron chi connectivity index (χ2n) is 6.83. The molecule has 9 heteroatoms. The number of benzene rings is 2. The molecule has 31 heavy (non-hydrogen) atoms. The molecule has 3 rings (SSSR count). The molecule has 1 unspecified atom stereocenters. The number of nitrogens with zero attached hydrogens (tertiary/aromatic N) is 1. The Morgan fingerprint density at radius 2 is 1.81 bits per heavy atom. The molecule has 1 atom stereocenters. The highest BCUT2D eigenvalue weighted by molar-refractivity contribution is 6.33. The monoisotopic (exact) mass is 451 g/mol. The van der Waals surface area contributed by atoms with E-state index >= 15 is 0 Å². The fraction of sp³-hybridized carbons (Fsp3) is 0.182. The molecule has 0 saturated heterocycles. The van der Waals surface area contributed by atoms with Crippen molar-refractivity contribution in [2.24, 2.45) is 0 Å². The van der Waals surface area contributed by atoms with Crippen molar-refractivity contribution in [2.45, 2.75) is 25.6 Å². The van der Waals surface area contributed by atoms with Gasteiger partial charge in [-0.25, -0.2) is 9.37 Å². The van der Waals surface area contributed by atoms with Crippen molar-refractivity contribution in [1.82, 2.24) is 4.98 Å². The first-order chi connectivity index (χ1) is 14.6. The van der Waals surface area contributed by atoms with Gasteiger partial charge in [-0.2, -0.15) is 13.2 Å². The van der Waals surface area contributed by atoms with Crippen LogP contribution in [0.15, 0.2) is 60.8 Å². The van der Waals surface area contributed by atoms with Gasteiger partial charge < -0.3 is 10.6 Å². The van der Waals surface area contributed by atoms with Gasteiger partial charge in [0.1, 0.15) is 18.1 Å². The number of hydrogen-bond acceptors (Lipinski definition) is 3. The molecule has 0 bridgehead atoms. The van der Waals surface area contributed by atoms with E-state index in [1.807, 2.05) is 19.1 Å². The van der Waals surface area contributed by atoms with Crippen molar-refractivity contribution in [3.8, 4) is 11.1 Å². The molecule has 0 radical (unpaired) electrons. The van der Waals surface area contributed by atoms with Crippen LogP contribution >= 0.6 is 11.6 Å². The zero-order valence-electron chi connectivity index (χ0n) is 16.3. The third-order valence-corrected chi connectivity index (χ3v) is 4.85. The number of hydrogen-bond donors (Lipinski definition) is 2. The zero-order chi connectivity index (χ0) is 22.6. The topological polar surface area (TPSA) is 54.0 Å². The summed E-state index contributed by atoms with van der Waals surface area (Å²) in [5.41, 5.74) is 2.29. The summed E-state index contributed by atoms with van der Waals surface area (Å²) in [6, 6.07) is 14.5. The Balaban J connectivity index is 1.74. The lowest BCUT2D eigenvalue weighted by Gasteiger charge is -2.18. The van der Waals surface area contributed by atoms with Crippen LogP contribution in [0.2, 0.25) is 5.02 Å². The van der Waals surface area contributed by atoms with Crippen LogP contribution in [0.25, 0.3) is 11.1 Å². The van der Waals surface area contributed by atoms with Crippen LogP contribution in [0.5, 0.6) is 0 Å². The van der Waals surface area contributed by atoms with E-state index in [9.17, 15) is 22.4 Å². The average molecular weight is 452 g/mol. The van der Waals surface area contributed by atoms with Crippen molar-refractivity contribution in [3.63, 3.8) is 0 Å². The maximum absolute atomic E-state index is 13.7. The minimum absolute atomic E-state index is 0.0362. The molecule has 1 heterocycles. The van der Waals surface area contributed by atoms with Gasteiger partial charge in [-0.15, -0.1) is 0 Å². The minimum atomic E-state index is -4.60. The lowest BCUT2D eigenvalue weighted by Crippen LogP contribution is -2.22. The number of anilines is 2. The van der Waals surface area contributed by atoms with Gasteiger partial charge in [0, 0.05) is 11.8 Å². The van der Waals surface area contributed by atoms with Crippen molar-refractivity contribution < 1.29 is 22.4 Å². The van der Waals surface area contributed by atoms with Gasteiger partial charge in [-0.05, 0) is 36.2 Å². The zero-order valence-corrected chi connectivity index (χ0v) is 17.1. The molecule has 0 aliphatic rings. The lowest BCUT2D eigenvalue weighted by molar-refractivity contribution is -0.150. The molecule has 1 amide bonds. The van der Waals surface area contributed by atoms with Crippen LogP contribution in [0, 0.1) is 5.82 Å². The van der Waals surface area contributed by atoms with Crippen molar-refractivity contribution >= 4 is 29.0 Å². The minimum Gasteiger partial charge on any atom is -0.362 e. The summed E-state index contributed by atoms with van der Waals surface area (Å²) in [5, 5.41) is 5.35. The molecule has 0 spiro atoms. The van der Waals surface area contributed by atoms with Crippen molar-refractivity contribution in [3.05, 3.63) is 77.2 Å². The number of amides is 1. The largest absolute Gasteiger partial charge is 0.397 e. The quantitative estimate of drug-likeness (QED) is 0.415. The van der Waals surface area contributed by atoms with Crippen LogP contribution in [0.1, 0.15) is 24.9 Å². The number of nitrogens with one attached hydrogen (secondary N) is 2. The fourth-order valence-corrected chi connectivity index (χ4v) is 3.20. The number of pyridine rings is 1. The third kappa shape index (κ3) is 5.95. The van der Waals surface area contributed by atoms with Gasteiger partial charge in [-0.1, -0.05) is 48.0 Å². The number of rotatable bonds is 6. The maximum atomic E-state index is 13.7. The molecule has 0 aliphatic heterocycles.